The Morgan fingerprint density at radius 2 is 1.66 bits per heavy atom. The van der Waals surface area contributed by atoms with E-state index in [2.05, 4.69) is 4.90 Å². The van der Waals surface area contributed by atoms with Gasteiger partial charge < -0.3 is 20.2 Å². The first kappa shape index (κ1) is 20.1. The van der Waals surface area contributed by atoms with Gasteiger partial charge in [0.15, 0.2) is 0 Å². The van der Waals surface area contributed by atoms with E-state index in [4.69, 9.17) is 0 Å². The van der Waals surface area contributed by atoms with Crippen LogP contribution in [0.4, 0.5) is 0 Å². The summed E-state index contributed by atoms with van der Waals surface area (Å²) in [5.74, 6) is -1.09. The fourth-order valence-corrected chi connectivity index (χ4v) is 4.97. The van der Waals surface area contributed by atoms with Crippen LogP contribution in [-0.2, 0) is 23.2 Å². The molecule has 0 radical (unpaired) electrons. The molecule has 1 saturated heterocycles. The van der Waals surface area contributed by atoms with Gasteiger partial charge in [0.25, 0.3) is 0 Å². The van der Waals surface area contributed by atoms with E-state index in [1.54, 1.807) is 0 Å². The Morgan fingerprint density at radius 3 is 2.24 bits per heavy atom. The molecule has 3 N–H and O–H groups in total. The smallest absolute Gasteiger partial charge is 0.307 e. The molecular weight excluding hydrogens is 366 g/mol. The Bertz CT molecular complexity index is 833. The lowest BCUT2D eigenvalue weighted by atomic mass is 9.78. The summed E-state index contributed by atoms with van der Waals surface area (Å²) in [4.78, 5) is 13.4. The number of carboxylic acids is 1. The van der Waals surface area contributed by atoms with Crippen LogP contribution < -0.4 is 0 Å². The standard InChI is InChI=1S/C24H29NO4/c26-22(13-15-25-14-5-8-19(16-25)23(27)28)24(29)20-9-3-1-6-17(20)11-12-18-7-2-4-10-21(18)24/h1-4,6-7,9-10,19,22,26,29H,5,8,11-16H2,(H,27,28)/t19?,22-/m1/s1. The van der Waals surface area contributed by atoms with E-state index in [9.17, 15) is 20.1 Å². The SMILES string of the molecule is O=C(O)C1CCCN(CC[C@@H](O)C2(O)c3ccccc3CCc3ccccc32)C1. The lowest BCUT2D eigenvalue weighted by Gasteiger charge is -2.37. The van der Waals surface area contributed by atoms with E-state index in [-0.39, 0.29) is 5.92 Å². The number of hydrogen-bond donors (Lipinski definition) is 3. The molecule has 0 aromatic heterocycles. The first-order valence-corrected chi connectivity index (χ1v) is 10.5. The molecule has 0 spiro atoms. The number of rotatable bonds is 5. The predicted octanol–water partition coefficient (Wildman–Crippen LogP) is 2.57. The number of aryl methyl sites for hydroxylation is 2. The number of piperidine rings is 1. The number of hydrogen-bond acceptors (Lipinski definition) is 4. The van der Waals surface area contributed by atoms with Crippen molar-refractivity contribution in [3.05, 3.63) is 70.8 Å². The number of likely N-dealkylation sites (tertiary alicyclic amines) is 1. The number of carbonyl (C=O) groups is 1. The monoisotopic (exact) mass is 395 g/mol. The van der Waals surface area contributed by atoms with Gasteiger partial charge >= 0.3 is 5.97 Å². The van der Waals surface area contributed by atoms with E-state index in [1.165, 1.54) is 0 Å². The zero-order chi connectivity index (χ0) is 20.4. The van der Waals surface area contributed by atoms with Crippen LogP contribution in [0.1, 0.15) is 41.5 Å². The van der Waals surface area contributed by atoms with E-state index < -0.39 is 17.7 Å². The van der Waals surface area contributed by atoms with Crippen LogP contribution in [0, 0.1) is 5.92 Å². The zero-order valence-corrected chi connectivity index (χ0v) is 16.6. The second-order valence-corrected chi connectivity index (χ2v) is 8.36. The van der Waals surface area contributed by atoms with Gasteiger partial charge in [0.05, 0.1) is 12.0 Å². The minimum atomic E-state index is -1.47. The summed E-state index contributed by atoms with van der Waals surface area (Å²) < 4.78 is 0. The van der Waals surface area contributed by atoms with Gasteiger partial charge in [-0.3, -0.25) is 4.79 Å². The van der Waals surface area contributed by atoms with Crippen LogP contribution in [-0.4, -0.2) is 51.9 Å². The molecule has 4 rings (SSSR count). The molecule has 29 heavy (non-hydrogen) atoms. The average Bonchev–Trinajstić information content (AvgIpc) is 2.88. The number of benzene rings is 2. The normalized spacial score (nSPS) is 22.2. The van der Waals surface area contributed by atoms with E-state index in [1.807, 2.05) is 48.5 Å². The van der Waals surface area contributed by atoms with Crippen molar-refractivity contribution in [3.8, 4) is 0 Å². The van der Waals surface area contributed by atoms with E-state index >= 15 is 0 Å². The van der Waals surface area contributed by atoms with Crippen molar-refractivity contribution in [1.82, 2.24) is 4.90 Å². The molecule has 1 fully saturated rings. The maximum absolute atomic E-state index is 11.9. The Balaban J connectivity index is 1.60. The van der Waals surface area contributed by atoms with Crippen molar-refractivity contribution in [2.45, 2.75) is 43.8 Å². The van der Waals surface area contributed by atoms with Gasteiger partial charge in [-0.25, -0.2) is 0 Å². The molecule has 5 nitrogen and oxygen atoms in total. The van der Waals surface area contributed by atoms with Gasteiger partial charge in [-0.05, 0) is 60.9 Å². The van der Waals surface area contributed by atoms with E-state index in [0.717, 1.165) is 48.1 Å². The van der Waals surface area contributed by atoms with Crippen LogP contribution in [0.2, 0.25) is 0 Å². The molecule has 1 aliphatic heterocycles. The summed E-state index contributed by atoms with van der Waals surface area (Å²) in [6, 6.07) is 15.7. The van der Waals surface area contributed by atoms with Crippen molar-refractivity contribution >= 4 is 5.97 Å². The lowest BCUT2D eigenvalue weighted by molar-refractivity contribution is -0.143. The van der Waals surface area contributed by atoms with Crippen molar-refractivity contribution < 1.29 is 20.1 Å². The summed E-state index contributed by atoms with van der Waals surface area (Å²) in [6.07, 6.45) is 2.62. The highest BCUT2D eigenvalue weighted by atomic mass is 16.4. The third kappa shape index (κ3) is 3.82. The number of aliphatic hydroxyl groups excluding tert-OH is 1. The van der Waals surface area contributed by atoms with Crippen LogP contribution >= 0.6 is 0 Å². The van der Waals surface area contributed by atoms with Crippen LogP contribution in [0.25, 0.3) is 0 Å². The van der Waals surface area contributed by atoms with Gasteiger partial charge in [0, 0.05) is 13.1 Å². The Morgan fingerprint density at radius 1 is 1.07 bits per heavy atom. The molecule has 0 amide bonds. The minimum Gasteiger partial charge on any atom is -0.481 e. The summed E-state index contributed by atoms with van der Waals surface area (Å²) in [7, 11) is 0. The second-order valence-electron chi connectivity index (χ2n) is 8.36. The average molecular weight is 395 g/mol. The van der Waals surface area contributed by atoms with Gasteiger partial charge in [-0.15, -0.1) is 0 Å². The molecule has 2 atom stereocenters. The molecule has 154 valence electrons. The summed E-state index contributed by atoms with van der Waals surface area (Å²) in [5, 5.41) is 32.5. The van der Waals surface area contributed by atoms with Crippen molar-refractivity contribution in [2.75, 3.05) is 19.6 Å². The predicted molar refractivity (Wildman–Crippen MR) is 111 cm³/mol. The summed E-state index contributed by atoms with van der Waals surface area (Å²) >= 11 is 0. The largest absolute Gasteiger partial charge is 0.481 e. The van der Waals surface area contributed by atoms with Crippen molar-refractivity contribution in [2.24, 2.45) is 5.92 Å². The number of aliphatic hydroxyl groups is 2. The lowest BCUT2D eigenvalue weighted by Crippen LogP contribution is -2.45. The summed E-state index contributed by atoms with van der Waals surface area (Å²) in [5.41, 5.74) is 2.22. The summed E-state index contributed by atoms with van der Waals surface area (Å²) in [6.45, 7) is 1.91. The number of fused-ring (bicyclic) bond motifs is 2. The molecule has 1 heterocycles. The van der Waals surface area contributed by atoms with Gasteiger partial charge in [-0.1, -0.05) is 48.5 Å². The van der Waals surface area contributed by atoms with Crippen LogP contribution in [0.15, 0.2) is 48.5 Å². The van der Waals surface area contributed by atoms with Gasteiger partial charge in [0.1, 0.15) is 5.60 Å². The molecule has 5 heteroatoms. The number of nitrogens with zero attached hydrogens (tertiary/aromatic N) is 1. The van der Waals surface area contributed by atoms with E-state index in [0.29, 0.717) is 25.9 Å². The first-order valence-electron chi connectivity index (χ1n) is 10.5. The molecule has 2 aromatic carbocycles. The highest BCUT2D eigenvalue weighted by Crippen LogP contribution is 2.41. The van der Waals surface area contributed by atoms with Crippen LogP contribution in [0.5, 0.6) is 0 Å². The maximum Gasteiger partial charge on any atom is 0.307 e. The minimum absolute atomic E-state index is 0.344. The topological polar surface area (TPSA) is 81.0 Å². The molecule has 2 aliphatic rings. The van der Waals surface area contributed by atoms with Gasteiger partial charge in [0.2, 0.25) is 0 Å². The van der Waals surface area contributed by atoms with Gasteiger partial charge in [-0.2, -0.15) is 0 Å². The number of aliphatic carboxylic acids is 1. The van der Waals surface area contributed by atoms with Crippen molar-refractivity contribution in [1.29, 1.82) is 0 Å². The highest BCUT2D eigenvalue weighted by molar-refractivity contribution is 5.70. The molecule has 0 saturated carbocycles. The molecule has 2 aromatic rings. The molecule has 0 bridgehead atoms. The highest BCUT2D eigenvalue weighted by Gasteiger charge is 2.43. The number of carboxylic acid groups (broad SMARTS) is 1. The fraction of sp³-hybridized carbons (Fsp3) is 0.458. The second kappa shape index (κ2) is 8.27. The molecule has 1 aliphatic carbocycles. The third-order valence-corrected chi connectivity index (χ3v) is 6.58. The first-order chi connectivity index (χ1) is 14.0. The quantitative estimate of drug-likeness (QED) is 0.725. The molecular formula is C24H29NO4. The Kier molecular flexibility index (Phi) is 5.72. The van der Waals surface area contributed by atoms with Crippen molar-refractivity contribution in [3.63, 3.8) is 0 Å². The third-order valence-electron chi connectivity index (χ3n) is 6.58. The Labute approximate surface area is 171 Å². The zero-order valence-electron chi connectivity index (χ0n) is 16.6. The maximum atomic E-state index is 11.9. The molecule has 1 unspecified atom stereocenters. The van der Waals surface area contributed by atoms with Crippen LogP contribution in [0.3, 0.4) is 0 Å². The fourth-order valence-electron chi connectivity index (χ4n) is 4.97. The Hall–Kier alpha value is -2.21.